The van der Waals surface area contributed by atoms with Gasteiger partial charge in [0.25, 0.3) is 0 Å². The largest absolute Gasteiger partial charge is 0.393 e. The van der Waals surface area contributed by atoms with Crippen molar-refractivity contribution in [2.24, 2.45) is 28.6 Å². The zero-order valence-corrected chi connectivity index (χ0v) is 14.8. The molecule has 0 aromatic carbocycles. The van der Waals surface area contributed by atoms with Crippen LogP contribution in [-0.4, -0.2) is 23.4 Å². The number of rotatable bonds is 0. The summed E-state index contributed by atoms with van der Waals surface area (Å²) in [7, 11) is 0. The van der Waals surface area contributed by atoms with Gasteiger partial charge in [-0.25, -0.2) is 0 Å². The predicted octanol–water partition coefficient (Wildman–Crippen LogP) is 4.47. The number of allylic oxidation sites excluding steroid dienone is 1. The van der Waals surface area contributed by atoms with Crippen LogP contribution < -0.4 is 0 Å². The normalized spacial score (nSPS) is 58.0. The van der Waals surface area contributed by atoms with Crippen molar-refractivity contribution in [3.8, 4) is 0 Å². The minimum Gasteiger partial charge on any atom is -0.393 e. The van der Waals surface area contributed by atoms with Crippen LogP contribution in [0.3, 0.4) is 0 Å². The molecule has 1 spiro atoms. The van der Waals surface area contributed by atoms with E-state index in [9.17, 15) is 5.11 Å². The van der Waals surface area contributed by atoms with Gasteiger partial charge in [-0.05, 0) is 80.0 Å². The molecule has 1 aliphatic heterocycles. The van der Waals surface area contributed by atoms with Gasteiger partial charge < -0.3 is 9.84 Å². The summed E-state index contributed by atoms with van der Waals surface area (Å²) in [5, 5.41) is 10.1. The van der Waals surface area contributed by atoms with Crippen LogP contribution in [0.2, 0.25) is 0 Å². The number of hydrogen-bond acceptors (Lipinski definition) is 2. The first-order valence-electron chi connectivity index (χ1n) is 10.0. The van der Waals surface area contributed by atoms with Crippen LogP contribution in [0, 0.1) is 28.6 Å². The Kier molecular flexibility index (Phi) is 3.01. The Balaban J connectivity index is 1.49. The molecule has 4 fully saturated rings. The summed E-state index contributed by atoms with van der Waals surface area (Å²) >= 11 is 0. The summed E-state index contributed by atoms with van der Waals surface area (Å²) in [6, 6.07) is 0. The predicted molar refractivity (Wildman–Crippen MR) is 91.0 cm³/mol. The minimum absolute atomic E-state index is 0.0853. The first-order valence-corrected chi connectivity index (χ1v) is 10.0. The van der Waals surface area contributed by atoms with Crippen LogP contribution in [0.4, 0.5) is 0 Å². The third-order valence-electron chi connectivity index (χ3n) is 9.25. The molecule has 0 aromatic rings. The lowest BCUT2D eigenvalue weighted by molar-refractivity contribution is -0.225. The number of hydrogen-bond donors (Lipinski definition) is 1. The topological polar surface area (TPSA) is 29.5 Å². The molecule has 4 aliphatic carbocycles. The second-order valence-electron chi connectivity index (χ2n) is 9.74. The fourth-order valence-corrected chi connectivity index (χ4v) is 7.73. The van der Waals surface area contributed by atoms with Crippen molar-refractivity contribution in [1.29, 1.82) is 0 Å². The van der Waals surface area contributed by atoms with Gasteiger partial charge in [0.15, 0.2) is 0 Å². The molecular formula is C21H32O2. The first-order chi connectivity index (χ1) is 11.0. The summed E-state index contributed by atoms with van der Waals surface area (Å²) in [5.41, 5.74) is 2.65. The second-order valence-corrected chi connectivity index (χ2v) is 9.74. The quantitative estimate of drug-likeness (QED) is 0.668. The van der Waals surface area contributed by atoms with Gasteiger partial charge in [0.2, 0.25) is 0 Å². The van der Waals surface area contributed by atoms with Crippen molar-refractivity contribution in [2.75, 3.05) is 6.61 Å². The van der Waals surface area contributed by atoms with Crippen LogP contribution in [0.15, 0.2) is 11.6 Å². The molecule has 0 amide bonds. The molecule has 128 valence electrons. The van der Waals surface area contributed by atoms with Crippen LogP contribution in [0.1, 0.15) is 71.6 Å². The Hall–Kier alpha value is -0.340. The number of fused-ring (bicyclic) bond motifs is 6. The Bertz CT molecular complexity index is 548. The molecule has 3 saturated carbocycles. The zero-order valence-electron chi connectivity index (χ0n) is 14.8. The number of ether oxygens (including phenoxy) is 1. The van der Waals surface area contributed by atoms with E-state index >= 15 is 0 Å². The molecule has 1 saturated heterocycles. The van der Waals surface area contributed by atoms with Crippen molar-refractivity contribution in [1.82, 2.24) is 0 Å². The lowest BCUT2D eigenvalue weighted by Gasteiger charge is -2.61. The van der Waals surface area contributed by atoms with Crippen LogP contribution in [0.25, 0.3) is 0 Å². The zero-order chi connectivity index (χ0) is 15.9. The molecule has 1 heterocycles. The highest BCUT2D eigenvalue weighted by molar-refractivity contribution is 5.26. The Morgan fingerprint density at radius 3 is 2.57 bits per heavy atom. The van der Waals surface area contributed by atoms with Gasteiger partial charge in [0.1, 0.15) is 0 Å². The molecule has 7 atom stereocenters. The highest BCUT2D eigenvalue weighted by Gasteiger charge is 2.66. The second kappa shape index (κ2) is 4.64. The maximum Gasteiger partial charge on any atom is 0.0760 e. The summed E-state index contributed by atoms with van der Waals surface area (Å²) in [4.78, 5) is 0. The summed E-state index contributed by atoms with van der Waals surface area (Å²) < 4.78 is 6.23. The standard InChI is InChI=1S/C21H32O2/c1-19-8-5-15(22)13-14(19)3-4-16-17(19)6-9-20(2)18(16)7-10-21(20)11-12-23-21/h3,15-18,22H,4-13H2,1-2H3/t15-,16-,17-,18+,19+,20-,21-/m0/s1. The van der Waals surface area contributed by atoms with E-state index in [2.05, 4.69) is 19.9 Å². The Morgan fingerprint density at radius 1 is 1.04 bits per heavy atom. The van der Waals surface area contributed by atoms with Crippen molar-refractivity contribution in [2.45, 2.75) is 83.3 Å². The van der Waals surface area contributed by atoms with Crippen molar-refractivity contribution in [3.05, 3.63) is 11.6 Å². The van der Waals surface area contributed by atoms with E-state index in [0.717, 1.165) is 37.2 Å². The van der Waals surface area contributed by atoms with E-state index < -0.39 is 0 Å². The average Bonchev–Trinajstić information content (AvgIpc) is 2.81. The lowest BCUT2D eigenvalue weighted by Crippen LogP contribution is -2.59. The van der Waals surface area contributed by atoms with Gasteiger partial charge in [-0.3, -0.25) is 0 Å². The number of aliphatic hydroxyl groups excluding tert-OH is 1. The molecule has 5 aliphatic rings. The maximum absolute atomic E-state index is 10.1. The monoisotopic (exact) mass is 316 g/mol. The summed E-state index contributed by atoms with van der Waals surface area (Å²) in [6.07, 6.45) is 13.6. The van der Waals surface area contributed by atoms with Crippen LogP contribution in [0.5, 0.6) is 0 Å². The smallest absolute Gasteiger partial charge is 0.0760 e. The lowest BCUT2D eigenvalue weighted by atomic mass is 9.46. The molecule has 2 heteroatoms. The van der Waals surface area contributed by atoms with Crippen LogP contribution >= 0.6 is 0 Å². The van der Waals surface area contributed by atoms with Gasteiger partial charge in [0.05, 0.1) is 18.3 Å². The molecule has 0 aromatic heterocycles. The first kappa shape index (κ1) is 15.0. The van der Waals surface area contributed by atoms with Gasteiger partial charge in [-0.2, -0.15) is 0 Å². The third-order valence-corrected chi connectivity index (χ3v) is 9.25. The Morgan fingerprint density at radius 2 is 1.83 bits per heavy atom. The molecule has 23 heavy (non-hydrogen) atoms. The van der Waals surface area contributed by atoms with Gasteiger partial charge in [-0.15, -0.1) is 0 Å². The van der Waals surface area contributed by atoms with Crippen LogP contribution in [-0.2, 0) is 4.74 Å². The Labute approximate surface area is 140 Å². The highest BCUT2D eigenvalue weighted by Crippen LogP contribution is 2.69. The maximum atomic E-state index is 10.1. The van der Waals surface area contributed by atoms with E-state index in [1.54, 1.807) is 5.57 Å². The molecule has 0 bridgehead atoms. The van der Waals surface area contributed by atoms with Gasteiger partial charge >= 0.3 is 0 Å². The molecule has 0 unspecified atom stereocenters. The fourth-order valence-electron chi connectivity index (χ4n) is 7.73. The van der Waals surface area contributed by atoms with E-state index in [1.165, 1.54) is 44.9 Å². The van der Waals surface area contributed by atoms with Crippen molar-refractivity contribution >= 4 is 0 Å². The molecule has 5 rings (SSSR count). The van der Waals surface area contributed by atoms with Crippen molar-refractivity contribution in [3.63, 3.8) is 0 Å². The van der Waals surface area contributed by atoms with E-state index in [0.29, 0.717) is 10.8 Å². The molecule has 1 N–H and O–H groups in total. The average molecular weight is 316 g/mol. The van der Waals surface area contributed by atoms with E-state index in [1.807, 2.05) is 0 Å². The fraction of sp³-hybridized carbons (Fsp3) is 0.905. The third kappa shape index (κ3) is 1.73. The SMILES string of the molecule is C[C@]12CC[C@H]3[C@H](CC=C4C[C@@H](O)CC[C@]43C)[C@H]1CC[C@]21CCO1. The number of aliphatic hydroxyl groups is 1. The van der Waals surface area contributed by atoms with Gasteiger partial charge in [0, 0.05) is 6.42 Å². The highest BCUT2D eigenvalue weighted by atomic mass is 16.5. The van der Waals surface area contributed by atoms with E-state index in [-0.39, 0.29) is 11.7 Å². The van der Waals surface area contributed by atoms with E-state index in [4.69, 9.17) is 4.74 Å². The van der Waals surface area contributed by atoms with Gasteiger partial charge in [-0.1, -0.05) is 25.5 Å². The minimum atomic E-state index is -0.0853. The molecule has 2 nitrogen and oxygen atoms in total. The molecular weight excluding hydrogens is 284 g/mol. The van der Waals surface area contributed by atoms with Crippen molar-refractivity contribution < 1.29 is 9.84 Å². The molecule has 0 radical (unpaired) electrons. The summed E-state index contributed by atoms with van der Waals surface area (Å²) in [6.45, 7) is 6.08. The summed E-state index contributed by atoms with van der Waals surface area (Å²) in [5.74, 6) is 2.58.